The number of carbonyl (C=O) groups is 1. The number of allylic oxidation sites excluding steroid dienone is 1. The average Bonchev–Trinajstić information content (AvgIpc) is 2.83. The van der Waals surface area contributed by atoms with Gasteiger partial charge in [-0.15, -0.1) is 0 Å². The number of furan rings is 1. The van der Waals surface area contributed by atoms with Crippen molar-refractivity contribution < 1.29 is 9.21 Å². The quantitative estimate of drug-likeness (QED) is 0.556. The average molecular weight is 342 g/mol. The van der Waals surface area contributed by atoms with Crippen LogP contribution < -0.4 is 5.73 Å². The molecule has 0 fully saturated rings. The molecule has 0 aliphatic rings. The highest BCUT2D eigenvalue weighted by atomic mass is 79.9. The number of hydrogen-bond acceptors (Lipinski definition) is 3. The Hall–Kier alpha value is -2.33. The van der Waals surface area contributed by atoms with Crippen molar-refractivity contribution in [3.8, 4) is 0 Å². The third-order valence-electron chi connectivity index (χ3n) is 3.14. The minimum Gasteiger partial charge on any atom is -0.450 e. The van der Waals surface area contributed by atoms with E-state index >= 15 is 0 Å². The Morgan fingerprint density at radius 1 is 1.14 bits per heavy atom. The van der Waals surface area contributed by atoms with Gasteiger partial charge in [0.1, 0.15) is 5.58 Å². The van der Waals surface area contributed by atoms with Crippen molar-refractivity contribution >= 4 is 44.4 Å². The number of benzene rings is 2. The highest BCUT2D eigenvalue weighted by Gasteiger charge is 2.16. The maximum Gasteiger partial charge on any atom is 0.223 e. The van der Waals surface area contributed by atoms with Gasteiger partial charge in [0.15, 0.2) is 5.76 Å². The molecule has 0 spiro atoms. The molecule has 0 unspecified atom stereocenters. The molecule has 0 bridgehead atoms. The van der Waals surface area contributed by atoms with Crippen LogP contribution in [-0.4, -0.2) is 5.78 Å². The van der Waals surface area contributed by atoms with Crippen molar-refractivity contribution in [1.29, 1.82) is 0 Å². The van der Waals surface area contributed by atoms with E-state index in [-0.39, 0.29) is 11.5 Å². The third kappa shape index (κ3) is 2.76. The summed E-state index contributed by atoms with van der Waals surface area (Å²) in [6, 6.07) is 15.1. The lowest BCUT2D eigenvalue weighted by Crippen LogP contribution is -1.97. The molecular weight excluding hydrogens is 330 g/mol. The smallest absolute Gasteiger partial charge is 0.223 e. The van der Waals surface area contributed by atoms with Gasteiger partial charge in [-0.1, -0.05) is 52.3 Å². The Balaban J connectivity index is 1.95. The molecule has 3 rings (SSSR count). The van der Waals surface area contributed by atoms with E-state index in [2.05, 4.69) is 15.9 Å². The Morgan fingerprint density at radius 2 is 1.90 bits per heavy atom. The van der Waals surface area contributed by atoms with Crippen molar-refractivity contribution in [3.63, 3.8) is 0 Å². The molecule has 1 aromatic heterocycles. The van der Waals surface area contributed by atoms with Gasteiger partial charge in [0.05, 0.1) is 5.69 Å². The number of halogens is 1. The van der Waals surface area contributed by atoms with Crippen LogP contribution in [0.25, 0.3) is 17.0 Å². The summed E-state index contributed by atoms with van der Waals surface area (Å²) in [7, 11) is 0. The van der Waals surface area contributed by atoms with E-state index in [0.29, 0.717) is 11.3 Å². The van der Waals surface area contributed by atoms with Gasteiger partial charge in [0, 0.05) is 9.86 Å². The second kappa shape index (κ2) is 5.58. The molecule has 0 aliphatic heterocycles. The number of hydrogen-bond donors (Lipinski definition) is 1. The van der Waals surface area contributed by atoms with Crippen LogP contribution in [0.5, 0.6) is 0 Å². The minimum absolute atomic E-state index is 0.176. The maximum atomic E-state index is 12.2. The van der Waals surface area contributed by atoms with Crippen LogP contribution in [0.4, 0.5) is 5.69 Å². The lowest BCUT2D eigenvalue weighted by Gasteiger charge is -1.93. The molecule has 0 saturated heterocycles. The number of nitrogens with two attached hydrogens (primary N) is 1. The van der Waals surface area contributed by atoms with E-state index in [1.807, 2.05) is 42.5 Å². The van der Waals surface area contributed by atoms with E-state index in [0.717, 1.165) is 15.4 Å². The van der Waals surface area contributed by atoms with Crippen LogP contribution >= 0.6 is 15.9 Å². The summed E-state index contributed by atoms with van der Waals surface area (Å²) >= 11 is 3.38. The zero-order chi connectivity index (χ0) is 14.8. The summed E-state index contributed by atoms with van der Waals surface area (Å²) in [6.45, 7) is 0. The fourth-order valence-corrected chi connectivity index (χ4v) is 2.44. The molecule has 2 N–H and O–H groups in total. The Bertz CT molecular complexity index is 835. The van der Waals surface area contributed by atoms with Crippen LogP contribution in [0.2, 0.25) is 0 Å². The van der Waals surface area contributed by atoms with Gasteiger partial charge in [-0.05, 0) is 29.8 Å². The van der Waals surface area contributed by atoms with Crippen molar-refractivity contribution in [2.45, 2.75) is 0 Å². The molecule has 0 amide bonds. The molecule has 4 heteroatoms. The van der Waals surface area contributed by atoms with Gasteiger partial charge in [-0.2, -0.15) is 0 Å². The Kier molecular flexibility index (Phi) is 3.62. The summed E-state index contributed by atoms with van der Waals surface area (Å²) in [4.78, 5) is 12.2. The minimum atomic E-state index is -0.247. The molecule has 104 valence electrons. The zero-order valence-electron chi connectivity index (χ0n) is 11.0. The lowest BCUT2D eigenvalue weighted by atomic mass is 10.1. The van der Waals surface area contributed by atoms with E-state index in [9.17, 15) is 4.79 Å². The summed E-state index contributed by atoms with van der Waals surface area (Å²) in [5.41, 5.74) is 7.93. The van der Waals surface area contributed by atoms with Crippen LogP contribution in [0.1, 0.15) is 16.1 Å². The number of rotatable bonds is 3. The first kappa shape index (κ1) is 13.6. The summed E-state index contributed by atoms with van der Waals surface area (Å²) in [5, 5.41) is 0.737. The van der Waals surface area contributed by atoms with Gasteiger partial charge >= 0.3 is 0 Å². The summed E-state index contributed by atoms with van der Waals surface area (Å²) < 4.78 is 6.45. The number of carbonyl (C=O) groups excluding carboxylic acids is 1. The Labute approximate surface area is 130 Å². The molecule has 1 heterocycles. The monoisotopic (exact) mass is 341 g/mol. The highest BCUT2D eigenvalue weighted by molar-refractivity contribution is 9.10. The highest BCUT2D eigenvalue weighted by Crippen LogP contribution is 2.31. The normalized spacial score (nSPS) is 11.3. The molecule has 3 aromatic rings. The van der Waals surface area contributed by atoms with E-state index in [1.54, 1.807) is 12.1 Å². The van der Waals surface area contributed by atoms with Gasteiger partial charge < -0.3 is 10.2 Å². The molecule has 21 heavy (non-hydrogen) atoms. The zero-order valence-corrected chi connectivity index (χ0v) is 12.6. The molecule has 0 aliphatic carbocycles. The van der Waals surface area contributed by atoms with Crippen LogP contribution in [0, 0.1) is 0 Å². The standard InChI is InChI=1S/C17H12BrNO2/c18-12-7-9-15-13(10-12)16(19)17(21-15)14(20)8-6-11-4-2-1-3-5-11/h1-10H,19H2/b8-6-. The number of ketones is 1. The summed E-state index contributed by atoms with van der Waals surface area (Å²) in [6.07, 6.45) is 3.21. The summed E-state index contributed by atoms with van der Waals surface area (Å²) in [5.74, 6) is -0.0704. The second-order valence-corrected chi connectivity index (χ2v) is 5.51. The SMILES string of the molecule is Nc1c(C(=O)/C=C\c2ccccc2)oc2ccc(Br)cc12. The van der Waals surface area contributed by atoms with Gasteiger partial charge in [0.2, 0.25) is 5.78 Å². The molecule has 0 saturated carbocycles. The van der Waals surface area contributed by atoms with Gasteiger partial charge in [-0.3, -0.25) is 4.79 Å². The number of fused-ring (bicyclic) bond motifs is 1. The van der Waals surface area contributed by atoms with E-state index in [4.69, 9.17) is 10.2 Å². The van der Waals surface area contributed by atoms with Crippen LogP contribution in [-0.2, 0) is 0 Å². The van der Waals surface area contributed by atoms with Crippen molar-refractivity contribution in [1.82, 2.24) is 0 Å². The predicted octanol–water partition coefficient (Wildman–Crippen LogP) is 4.67. The van der Waals surface area contributed by atoms with E-state index < -0.39 is 0 Å². The largest absolute Gasteiger partial charge is 0.450 e. The van der Waals surface area contributed by atoms with E-state index in [1.165, 1.54) is 6.08 Å². The molecular formula is C17H12BrNO2. The fourth-order valence-electron chi connectivity index (χ4n) is 2.08. The second-order valence-electron chi connectivity index (χ2n) is 4.59. The molecule has 3 nitrogen and oxygen atoms in total. The first-order valence-electron chi connectivity index (χ1n) is 6.40. The molecule has 2 aromatic carbocycles. The van der Waals surface area contributed by atoms with Gasteiger partial charge in [-0.25, -0.2) is 0 Å². The van der Waals surface area contributed by atoms with Gasteiger partial charge in [0.25, 0.3) is 0 Å². The first-order valence-corrected chi connectivity index (χ1v) is 7.19. The Morgan fingerprint density at radius 3 is 2.67 bits per heavy atom. The fraction of sp³-hybridized carbons (Fsp3) is 0. The van der Waals surface area contributed by atoms with Crippen molar-refractivity contribution in [2.24, 2.45) is 0 Å². The third-order valence-corrected chi connectivity index (χ3v) is 3.63. The molecule has 0 radical (unpaired) electrons. The maximum absolute atomic E-state index is 12.2. The van der Waals surface area contributed by atoms with Crippen molar-refractivity contribution in [2.75, 3.05) is 5.73 Å². The van der Waals surface area contributed by atoms with Crippen molar-refractivity contribution in [3.05, 3.63) is 70.4 Å². The number of nitrogen functional groups attached to an aromatic ring is 1. The van der Waals surface area contributed by atoms with Crippen LogP contribution in [0.15, 0.2) is 63.5 Å². The first-order chi connectivity index (χ1) is 10.1. The molecule has 0 atom stereocenters. The lowest BCUT2D eigenvalue weighted by molar-refractivity contribution is 0.102. The predicted molar refractivity (Wildman–Crippen MR) is 88.1 cm³/mol. The topological polar surface area (TPSA) is 56.2 Å². The number of anilines is 1. The van der Waals surface area contributed by atoms with Crippen LogP contribution in [0.3, 0.4) is 0 Å².